The normalized spacial score (nSPS) is 17.3. The number of rotatable bonds is 16. The molecule has 9 nitrogen and oxygen atoms in total. The molecule has 1 aliphatic rings. The number of carbonyl (C=O) groups is 1. The maximum Gasteiger partial charge on any atom is 0.416 e. The number of sulfone groups is 1. The number of benzene rings is 2. The quantitative estimate of drug-likeness (QED) is 0.107. The lowest BCUT2D eigenvalue weighted by molar-refractivity contribution is -0.138. The van der Waals surface area contributed by atoms with Crippen LogP contribution in [0.3, 0.4) is 0 Å². The van der Waals surface area contributed by atoms with Crippen molar-refractivity contribution in [2.45, 2.75) is 71.4 Å². The molecule has 16 heteroatoms. The van der Waals surface area contributed by atoms with E-state index in [0.717, 1.165) is 56.2 Å². The van der Waals surface area contributed by atoms with Crippen molar-refractivity contribution >= 4 is 27.9 Å². The fraction of sp³-hybridized carbons (Fsp3) is 0.528. The number of alkyl halides is 6. The van der Waals surface area contributed by atoms with E-state index < -0.39 is 39.4 Å². The average Bonchev–Trinajstić information content (AvgIpc) is 3.07. The van der Waals surface area contributed by atoms with Crippen molar-refractivity contribution in [1.82, 2.24) is 9.97 Å². The van der Waals surface area contributed by atoms with Gasteiger partial charge in [-0.05, 0) is 99.7 Å². The largest absolute Gasteiger partial charge is 0.489 e. The molecule has 0 N–H and O–H groups in total. The summed E-state index contributed by atoms with van der Waals surface area (Å²) in [7, 11) is -3.31. The minimum atomic E-state index is -4.66. The van der Waals surface area contributed by atoms with Gasteiger partial charge in [-0.15, -0.1) is 0 Å². The van der Waals surface area contributed by atoms with Gasteiger partial charge in [0.1, 0.15) is 6.61 Å². The fourth-order valence-electron chi connectivity index (χ4n) is 6.47. The first-order valence-corrected chi connectivity index (χ1v) is 19.0. The summed E-state index contributed by atoms with van der Waals surface area (Å²) in [6.07, 6.45) is -2.28. The highest BCUT2D eigenvalue weighted by atomic mass is 32.2. The Morgan fingerprint density at radius 3 is 2.15 bits per heavy atom. The first-order valence-electron chi connectivity index (χ1n) is 17.0. The predicted molar refractivity (Wildman–Crippen MR) is 185 cm³/mol. The van der Waals surface area contributed by atoms with E-state index in [2.05, 4.69) is 9.97 Å². The second-order valence-corrected chi connectivity index (χ2v) is 15.6. The van der Waals surface area contributed by atoms with Gasteiger partial charge < -0.3 is 19.3 Å². The van der Waals surface area contributed by atoms with Crippen LogP contribution >= 0.6 is 0 Å². The van der Waals surface area contributed by atoms with Gasteiger partial charge in [0.15, 0.2) is 15.6 Å². The van der Waals surface area contributed by atoms with Crippen molar-refractivity contribution < 1.29 is 49.0 Å². The summed E-state index contributed by atoms with van der Waals surface area (Å²) in [6.45, 7) is 6.53. The topological polar surface area (TPSA) is 102 Å². The molecule has 1 aliphatic carbocycles. The summed E-state index contributed by atoms with van der Waals surface area (Å²) in [5, 5.41) is 0. The van der Waals surface area contributed by atoms with Crippen LogP contribution in [0, 0.1) is 18.8 Å². The third kappa shape index (κ3) is 11.5. The Morgan fingerprint density at radius 1 is 0.942 bits per heavy atom. The molecule has 2 aromatic carbocycles. The summed E-state index contributed by atoms with van der Waals surface area (Å²) < 4.78 is 118. The highest BCUT2D eigenvalue weighted by Crippen LogP contribution is 2.38. The van der Waals surface area contributed by atoms with Crippen molar-refractivity contribution in [3.05, 3.63) is 76.6 Å². The molecule has 0 saturated heterocycles. The van der Waals surface area contributed by atoms with Gasteiger partial charge in [-0.25, -0.2) is 18.4 Å². The van der Waals surface area contributed by atoms with Gasteiger partial charge in [0.25, 0.3) is 6.47 Å². The Labute approximate surface area is 300 Å². The lowest BCUT2D eigenvalue weighted by Gasteiger charge is -2.36. The second-order valence-electron chi connectivity index (χ2n) is 13.3. The second kappa shape index (κ2) is 17.2. The molecule has 1 heterocycles. The van der Waals surface area contributed by atoms with Crippen molar-refractivity contribution in [3.8, 4) is 5.75 Å². The molecular weight excluding hydrogens is 714 g/mol. The van der Waals surface area contributed by atoms with Gasteiger partial charge in [-0.2, -0.15) is 26.3 Å². The lowest BCUT2D eigenvalue weighted by atomic mass is 9.82. The van der Waals surface area contributed by atoms with E-state index >= 15 is 0 Å². The summed E-state index contributed by atoms with van der Waals surface area (Å²) in [4.78, 5) is 22.9. The Hall–Kier alpha value is -4.08. The summed E-state index contributed by atoms with van der Waals surface area (Å²) >= 11 is 0. The van der Waals surface area contributed by atoms with Crippen molar-refractivity contribution in [2.24, 2.45) is 11.8 Å². The van der Waals surface area contributed by atoms with Gasteiger partial charge in [0.05, 0.1) is 41.9 Å². The zero-order valence-electron chi connectivity index (χ0n) is 29.5. The number of anilines is 2. The highest BCUT2D eigenvalue weighted by Gasteiger charge is 2.34. The highest BCUT2D eigenvalue weighted by molar-refractivity contribution is 7.90. The van der Waals surface area contributed by atoms with Gasteiger partial charge >= 0.3 is 12.4 Å². The summed E-state index contributed by atoms with van der Waals surface area (Å²) in [5.74, 6) is 0.391. The number of halogens is 6. The minimum Gasteiger partial charge on any atom is -0.489 e. The van der Waals surface area contributed by atoms with Crippen LogP contribution in [0.5, 0.6) is 5.75 Å². The summed E-state index contributed by atoms with van der Waals surface area (Å²) in [6, 6.07) is 6.28. The Bertz CT molecular complexity index is 1750. The van der Waals surface area contributed by atoms with Crippen LogP contribution in [-0.4, -0.2) is 63.2 Å². The first-order chi connectivity index (χ1) is 24.4. The Balaban J connectivity index is 1.74. The number of aromatic nitrogens is 2. The molecule has 1 atom stereocenters. The average molecular weight is 759 g/mol. The van der Waals surface area contributed by atoms with Crippen LogP contribution in [0.1, 0.15) is 73.4 Å². The maximum absolute atomic E-state index is 14.1. The first kappa shape index (κ1) is 40.7. The molecule has 0 amide bonds. The van der Waals surface area contributed by atoms with Crippen LogP contribution in [-0.2, 0) is 38.3 Å². The third-order valence-electron chi connectivity index (χ3n) is 9.29. The zero-order chi connectivity index (χ0) is 38.3. The molecule has 0 spiro atoms. The van der Waals surface area contributed by atoms with E-state index in [1.165, 1.54) is 25.4 Å². The molecule has 0 aliphatic heterocycles. The van der Waals surface area contributed by atoms with Crippen molar-refractivity contribution in [3.63, 3.8) is 0 Å². The van der Waals surface area contributed by atoms with E-state index in [1.54, 1.807) is 17.9 Å². The minimum absolute atomic E-state index is 0.0142. The fourth-order valence-corrected chi connectivity index (χ4v) is 6.85. The molecule has 1 fully saturated rings. The number of nitrogens with zero attached hydrogens (tertiary/aromatic N) is 4. The molecule has 52 heavy (non-hydrogen) atoms. The molecule has 4 rings (SSSR count). The van der Waals surface area contributed by atoms with E-state index in [4.69, 9.17) is 9.47 Å². The number of aryl methyl sites for hydroxylation is 1. The molecule has 0 radical (unpaired) electrons. The van der Waals surface area contributed by atoms with Crippen LogP contribution in [0.15, 0.2) is 48.8 Å². The van der Waals surface area contributed by atoms with Crippen LogP contribution in [0.25, 0.3) is 0 Å². The van der Waals surface area contributed by atoms with Crippen molar-refractivity contribution in [2.75, 3.05) is 48.1 Å². The number of hydrogen-bond acceptors (Lipinski definition) is 9. The Morgan fingerprint density at radius 2 is 1.58 bits per heavy atom. The number of hydrogen-bond donors (Lipinski definition) is 0. The SMILES string of the molecule is CCN(CC1CCC(COC=O)CC1)c1ccc(C(F)(F)F)cc1CN(c1ncc(OCCS(C)(=O)=O)cn1)C(C)c1cc(C)cc(C(F)(F)F)c1. The number of ether oxygens (including phenoxy) is 2. The lowest BCUT2D eigenvalue weighted by Crippen LogP contribution is -2.34. The molecule has 1 saturated carbocycles. The monoisotopic (exact) mass is 758 g/mol. The maximum atomic E-state index is 14.1. The molecule has 286 valence electrons. The number of carbonyl (C=O) groups excluding carboxylic acids is 1. The van der Waals surface area contributed by atoms with E-state index in [1.807, 2.05) is 11.8 Å². The van der Waals surface area contributed by atoms with Crippen LogP contribution < -0.4 is 14.5 Å². The van der Waals surface area contributed by atoms with Gasteiger partial charge in [0, 0.05) is 31.6 Å². The van der Waals surface area contributed by atoms with Crippen LogP contribution in [0.4, 0.5) is 38.0 Å². The van der Waals surface area contributed by atoms with Crippen molar-refractivity contribution in [1.29, 1.82) is 0 Å². The molecule has 1 aromatic heterocycles. The van der Waals surface area contributed by atoms with Crippen LogP contribution in [0.2, 0.25) is 0 Å². The molecule has 0 bridgehead atoms. The van der Waals surface area contributed by atoms with E-state index in [-0.39, 0.29) is 53.6 Å². The standard InChI is InChI=1S/C36H44F6N4O5S/c1-5-45(20-26-6-8-27(9-7-26)22-50-23-47)33-11-10-30(35(37,38)39)17-29(33)21-46(25(3)28-14-24(2)15-31(16-28)36(40,41)42)34-43-18-32(19-44-34)51-12-13-52(4,48)49/h10-11,14-19,23,25-27H,5-9,12-13,20-22H2,1-4H3. The molecule has 3 aromatic rings. The molecular formula is C36H44F6N4O5S. The summed E-state index contributed by atoms with van der Waals surface area (Å²) in [5.41, 5.74) is -0.334. The Kier molecular flexibility index (Phi) is 13.4. The van der Waals surface area contributed by atoms with Gasteiger partial charge in [0.2, 0.25) is 5.95 Å². The van der Waals surface area contributed by atoms with Gasteiger partial charge in [-0.3, -0.25) is 4.79 Å². The molecule has 1 unspecified atom stereocenters. The zero-order valence-corrected chi connectivity index (χ0v) is 30.3. The van der Waals surface area contributed by atoms with E-state index in [9.17, 15) is 39.6 Å². The smallest absolute Gasteiger partial charge is 0.416 e. The third-order valence-corrected chi connectivity index (χ3v) is 10.2. The van der Waals surface area contributed by atoms with E-state index in [0.29, 0.717) is 37.4 Å². The predicted octanol–water partition coefficient (Wildman–Crippen LogP) is 7.82. The van der Waals surface area contributed by atoms with Gasteiger partial charge in [-0.1, -0.05) is 11.6 Å².